The Morgan fingerprint density at radius 2 is 2.00 bits per heavy atom. The SMILES string of the molecule is COc1ccc(OC)c(N2C(=NC(=O)C(C)C)S[C@@H]3CS(=O)(=O)C[C@H]32)c1. The zero-order valence-electron chi connectivity index (χ0n) is 15.1. The van der Waals surface area contributed by atoms with Crippen LogP contribution in [-0.2, 0) is 14.6 Å². The number of anilines is 1. The molecule has 2 atom stereocenters. The number of aliphatic imine (C=N–C) groups is 1. The fraction of sp³-hybridized carbons (Fsp3) is 0.529. The van der Waals surface area contributed by atoms with Gasteiger partial charge in [0.05, 0.1) is 37.5 Å². The van der Waals surface area contributed by atoms with Crippen LogP contribution in [0.4, 0.5) is 5.69 Å². The zero-order chi connectivity index (χ0) is 19.1. The molecular formula is C17H22N2O5S2. The highest BCUT2D eigenvalue weighted by molar-refractivity contribution is 8.16. The lowest BCUT2D eigenvalue weighted by atomic mass is 10.1. The van der Waals surface area contributed by atoms with Crippen LogP contribution in [0.15, 0.2) is 23.2 Å². The number of thioether (sulfide) groups is 1. The van der Waals surface area contributed by atoms with Gasteiger partial charge in [-0.1, -0.05) is 25.6 Å². The number of amidine groups is 1. The number of carbonyl (C=O) groups is 1. The van der Waals surface area contributed by atoms with E-state index in [-0.39, 0.29) is 34.6 Å². The maximum atomic E-state index is 12.2. The first kappa shape index (κ1) is 19.0. The Labute approximate surface area is 157 Å². The normalized spacial score (nSPS) is 25.6. The van der Waals surface area contributed by atoms with Gasteiger partial charge in [-0.05, 0) is 12.1 Å². The predicted molar refractivity (Wildman–Crippen MR) is 103 cm³/mol. The van der Waals surface area contributed by atoms with Gasteiger partial charge in [0.25, 0.3) is 5.91 Å². The average Bonchev–Trinajstić information content (AvgIpc) is 3.04. The van der Waals surface area contributed by atoms with E-state index in [1.807, 2.05) is 4.90 Å². The maximum Gasteiger partial charge on any atom is 0.250 e. The van der Waals surface area contributed by atoms with Gasteiger partial charge < -0.3 is 14.4 Å². The number of methoxy groups -OCH3 is 2. The number of sulfone groups is 1. The lowest BCUT2D eigenvalue weighted by Gasteiger charge is -2.26. The molecule has 1 amide bonds. The number of benzene rings is 1. The van der Waals surface area contributed by atoms with E-state index in [1.54, 1.807) is 46.3 Å². The molecule has 1 aromatic carbocycles. The van der Waals surface area contributed by atoms with E-state index in [2.05, 4.69) is 4.99 Å². The van der Waals surface area contributed by atoms with Crippen molar-refractivity contribution in [3.05, 3.63) is 18.2 Å². The fourth-order valence-corrected chi connectivity index (χ4v) is 6.97. The summed E-state index contributed by atoms with van der Waals surface area (Å²) in [4.78, 5) is 18.3. The second-order valence-corrected chi connectivity index (χ2v) is 9.96. The van der Waals surface area contributed by atoms with Crippen molar-refractivity contribution >= 4 is 38.4 Å². The number of fused-ring (bicyclic) bond motifs is 1. The minimum atomic E-state index is -3.12. The number of ether oxygens (including phenoxy) is 2. The summed E-state index contributed by atoms with van der Waals surface area (Å²) in [6.07, 6.45) is 0. The molecule has 0 aliphatic carbocycles. The van der Waals surface area contributed by atoms with Crippen molar-refractivity contribution in [2.24, 2.45) is 10.9 Å². The van der Waals surface area contributed by atoms with Gasteiger partial charge in [0.2, 0.25) is 0 Å². The third-order valence-corrected chi connectivity index (χ3v) is 7.62. The molecule has 3 rings (SSSR count). The Morgan fingerprint density at radius 1 is 1.27 bits per heavy atom. The molecular weight excluding hydrogens is 376 g/mol. The highest BCUT2D eigenvalue weighted by atomic mass is 32.2. The van der Waals surface area contributed by atoms with E-state index in [1.165, 1.54) is 11.8 Å². The highest BCUT2D eigenvalue weighted by Crippen LogP contribution is 2.45. The summed E-state index contributed by atoms with van der Waals surface area (Å²) >= 11 is 1.34. The van der Waals surface area contributed by atoms with Gasteiger partial charge in [-0.15, -0.1) is 0 Å². The lowest BCUT2D eigenvalue weighted by molar-refractivity contribution is -0.120. The first-order chi connectivity index (χ1) is 12.3. The van der Waals surface area contributed by atoms with E-state index in [0.29, 0.717) is 22.4 Å². The summed E-state index contributed by atoms with van der Waals surface area (Å²) in [5.41, 5.74) is 0.652. The lowest BCUT2D eigenvalue weighted by Crippen LogP contribution is -2.38. The first-order valence-electron chi connectivity index (χ1n) is 8.26. The van der Waals surface area contributed by atoms with Crippen LogP contribution in [0.1, 0.15) is 13.8 Å². The standard InChI is InChI=1S/C17H22N2O5S2/c1-10(2)16(20)18-17-19(13-8-26(21,22)9-15(13)25-17)12-7-11(23-3)5-6-14(12)24-4/h5-7,10,13,15H,8-9H2,1-4H3/t13-,15-/m1/s1. The highest BCUT2D eigenvalue weighted by Gasteiger charge is 2.50. The molecule has 2 aliphatic heterocycles. The molecule has 26 heavy (non-hydrogen) atoms. The van der Waals surface area contributed by atoms with Gasteiger partial charge >= 0.3 is 0 Å². The second kappa shape index (κ2) is 7.11. The molecule has 0 aromatic heterocycles. The molecule has 2 saturated heterocycles. The topological polar surface area (TPSA) is 85.3 Å². The van der Waals surface area contributed by atoms with Crippen molar-refractivity contribution in [2.45, 2.75) is 25.1 Å². The van der Waals surface area contributed by atoms with Crippen molar-refractivity contribution in [3.63, 3.8) is 0 Å². The van der Waals surface area contributed by atoms with Crippen LogP contribution in [0.2, 0.25) is 0 Å². The number of carbonyl (C=O) groups excluding carboxylic acids is 1. The molecule has 0 saturated carbocycles. The number of rotatable bonds is 4. The van der Waals surface area contributed by atoms with Crippen molar-refractivity contribution in [1.82, 2.24) is 0 Å². The monoisotopic (exact) mass is 398 g/mol. The number of hydrogen-bond donors (Lipinski definition) is 0. The summed E-state index contributed by atoms with van der Waals surface area (Å²) in [5.74, 6) is 0.828. The number of amides is 1. The largest absolute Gasteiger partial charge is 0.497 e. The molecule has 1 aromatic rings. The smallest absolute Gasteiger partial charge is 0.250 e. The molecule has 0 spiro atoms. The second-order valence-electron chi connectivity index (χ2n) is 6.60. The molecule has 9 heteroatoms. The van der Waals surface area contributed by atoms with E-state index >= 15 is 0 Å². The third kappa shape index (κ3) is 3.55. The number of nitrogens with zero attached hydrogens (tertiary/aromatic N) is 2. The molecule has 0 radical (unpaired) electrons. The molecule has 0 N–H and O–H groups in total. The molecule has 0 unspecified atom stereocenters. The van der Waals surface area contributed by atoms with Gasteiger partial charge in [0.1, 0.15) is 11.5 Å². The van der Waals surface area contributed by atoms with E-state index in [4.69, 9.17) is 9.47 Å². The Balaban J connectivity index is 2.11. The molecule has 2 aliphatic rings. The van der Waals surface area contributed by atoms with Crippen LogP contribution in [-0.4, -0.2) is 56.5 Å². The summed E-state index contributed by atoms with van der Waals surface area (Å²) < 4.78 is 35.0. The Bertz CT molecular complexity index is 851. The van der Waals surface area contributed by atoms with Crippen LogP contribution >= 0.6 is 11.8 Å². The van der Waals surface area contributed by atoms with Gasteiger partial charge in [-0.25, -0.2) is 8.42 Å². The van der Waals surface area contributed by atoms with Crippen LogP contribution in [0.25, 0.3) is 0 Å². The Morgan fingerprint density at radius 3 is 2.62 bits per heavy atom. The minimum Gasteiger partial charge on any atom is -0.497 e. The Hall–Kier alpha value is -1.74. The van der Waals surface area contributed by atoms with Crippen molar-refractivity contribution < 1.29 is 22.7 Å². The fourth-order valence-electron chi connectivity index (χ4n) is 3.05. The van der Waals surface area contributed by atoms with E-state index < -0.39 is 9.84 Å². The summed E-state index contributed by atoms with van der Waals surface area (Å²) in [5, 5.41) is 0.356. The van der Waals surface area contributed by atoms with Crippen LogP contribution < -0.4 is 14.4 Å². The van der Waals surface area contributed by atoms with Crippen molar-refractivity contribution in [1.29, 1.82) is 0 Å². The Kier molecular flexibility index (Phi) is 5.21. The summed E-state index contributed by atoms with van der Waals surface area (Å²) in [6.45, 7) is 3.57. The summed E-state index contributed by atoms with van der Waals surface area (Å²) in [7, 11) is -0.0153. The van der Waals surface area contributed by atoms with Gasteiger partial charge in [0, 0.05) is 17.2 Å². The van der Waals surface area contributed by atoms with Crippen molar-refractivity contribution in [2.75, 3.05) is 30.6 Å². The number of hydrogen-bond acceptors (Lipinski definition) is 6. The summed E-state index contributed by atoms with van der Waals surface area (Å²) in [6, 6.07) is 5.02. The molecule has 142 valence electrons. The van der Waals surface area contributed by atoms with Crippen LogP contribution in [0.3, 0.4) is 0 Å². The predicted octanol–water partition coefficient (Wildman–Crippen LogP) is 1.96. The van der Waals surface area contributed by atoms with Crippen LogP contribution in [0.5, 0.6) is 11.5 Å². The average molecular weight is 399 g/mol. The third-order valence-electron chi connectivity index (χ3n) is 4.41. The maximum absolute atomic E-state index is 12.2. The van der Waals surface area contributed by atoms with Crippen LogP contribution in [0, 0.1) is 5.92 Å². The quantitative estimate of drug-likeness (QED) is 0.766. The van der Waals surface area contributed by atoms with E-state index in [9.17, 15) is 13.2 Å². The first-order valence-corrected chi connectivity index (χ1v) is 11.0. The minimum absolute atomic E-state index is 0.0277. The molecule has 7 nitrogen and oxygen atoms in total. The van der Waals surface area contributed by atoms with Gasteiger partial charge in [-0.3, -0.25) is 4.79 Å². The van der Waals surface area contributed by atoms with Gasteiger partial charge in [0.15, 0.2) is 15.0 Å². The van der Waals surface area contributed by atoms with Crippen molar-refractivity contribution in [3.8, 4) is 11.5 Å². The van der Waals surface area contributed by atoms with E-state index in [0.717, 1.165) is 0 Å². The van der Waals surface area contributed by atoms with Gasteiger partial charge in [-0.2, -0.15) is 4.99 Å². The molecule has 0 bridgehead atoms. The molecule has 2 heterocycles. The zero-order valence-corrected chi connectivity index (χ0v) is 16.8. The molecule has 2 fully saturated rings.